The Morgan fingerprint density at radius 1 is 1.27 bits per heavy atom. The first kappa shape index (κ1) is 15.9. The number of nitrogens with zero attached hydrogens (tertiary/aromatic N) is 1. The maximum atomic E-state index is 11.7. The average molecular weight is 362 g/mol. The second kappa shape index (κ2) is 7.54. The summed E-state index contributed by atoms with van der Waals surface area (Å²) in [5.74, 6) is -0.214. The zero-order valence-electron chi connectivity index (χ0n) is 11.7. The topological polar surface area (TPSA) is 65.0 Å². The molecule has 2 rings (SSSR count). The summed E-state index contributed by atoms with van der Waals surface area (Å²) in [5, 5.41) is 0. The third-order valence-electron chi connectivity index (χ3n) is 2.84. The summed E-state index contributed by atoms with van der Waals surface area (Å²) in [6.45, 7) is 0.277. The smallest absolute Gasteiger partial charge is 0.338 e. The molecular formula is C16H12BrNO4. The average Bonchev–Trinajstić information content (AvgIpc) is 2.55. The van der Waals surface area contributed by atoms with Gasteiger partial charge in [-0.1, -0.05) is 30.3 Å². The lowest BCUT2D eigenvalue weighted by molar-refractivity contribution is 0.0600. The first-order valence-electron chi connectivity index (χ1n) is 6.32. The number of carbonyl (C=O) groups is 1. The fourth-order valence-electron chi connectivity index (χ4n) is 1.81. The molecule has 0 aliphatic carbocycles. The molecule has 0 spiro atoms. The molecule has 5 nitrogen and oxygen atoms in total. The van der Waals surface area contributed by atoms with Crippen LogP contribution in [0.5, 0.6) is 5.75 Å². The van der Waals surface area contributed by atoms with E-state index in [4.69, 9.17) is 4.74 Å². The molecule has 2 aromatic rings. The number of benzene rings is 2. The molecule has 0 aliphatic rings. The van der Waals surface area contributed by atoms with Gasteiger partial charge in [-0.2, -0.15) is 4.99 Å². The largest absolute Gasteiger partial charge is 0.487 e. The number of rotatable bonds is 5. The minimum absolute atomic E-state index is 0.276. The molecule has 22 heavy (non-hydrogen) atoms. The molecule has 112 valence electrons. The van der Waals surface area contributed by atoms with Crippen LogP contribution in [0, 0.1) is 0 Å². The SMILES string of the molecule is COC(=O)c1cc(Br)c(N=C=O)c(OCc2ccccc2)c1. The molecule has 6 heteroatoms. The number of isocyanates is 1. The van der Waals surface area contributed by atoms with E-state index in [1.54, 1.807) is 0 Å². The van der Waals surface area contributed by atoms with Crippen LogP contribution in [0.4, 0.5) is 5.69 Å². The molecular weight excluding hydrogens is 350 g/mol. The van der Waals surface area contributed by atoms with Crippen LogP contribution >= 0.6 is 15.9 Å². The molecule has 0 saturated heterocycles. The maximum Gasteiger partial charge on any atom is 0.338 e. The van der Waals surface area contributed by atoms with E-state index in [1.165, 1.54) is 25.3 Å². The summed E-state index contributed by atoms with van der Waals surface area (Å²) >= 11 is 3.26. The molecule has 0 unspecified atom stereocenters. The number of hydrogen-bond donors (Lipinski definition) is 0. The zero-order valence-corrected chi connectivity index (χ0v) is 13.3. The van der Waals surface area contributed by atoms with Gasteiger partial charge >= 0.3 is 5.97 Å². The van der Waals surface area contributed by atoms with E-state index < -0.39 is 5.97 Å². The van der Waals surface area contributed by atoms with Gasteiger partial charge in [0.1, 0.15) is 18.0 Å². The monoisotopic (exact) mass is 361 g/mol. The Labute approximate surface area is 135 Å². The van der Waals surface area contributed by atoms with Crippen molar-refractivity contribution in [3.63, 3.8) is 0 Å². The molecule has 0 radical (unpaired) electrons. The standard InChI is InChI=1S/C16H12BrNO4/c1-21-16(20)12-7-13(17)15(18-10-19)14(8-12)22-9-11-5-3-2-4-6-11/h2-8H,9H2,1H3. The summed E-state index contributed by atoms with van der Waals surface area (Å²) < 4.78 is 10.8. The predicted molar refractivity (Wildman–Crippen MR) is 84.0 cm³/mol. The molecule has 0 N–H and O–H groups in total. The van der Waals surface area contributed by atoms with Gasteiger partial charge in [0.15, 0.2) is 0 Å². The quantitative estimate of drug-likeness (QED) is 0.461. The minimum Gasteiger partial charge on any atom is -0.487 e. The molecule has 0 bridgehead atoms. The van der Waals surface area contributed by atoms with Crippen molar-refractivity contribution in [2.75, 3.05) is 7.11 Å². The molecule has 0 heterocycles. The third kappa shape index (κ3) is 3.81. The van der Waals surface area contributed by atoms with Crippen molar-refractivity contribution >= 4 is 33.7 Å². The van der Waals surface area contributed by atoms with Crippen LogP contribution in [0.1, 0.15) is 15.9 Å². The van der Waals surface area contributed by atoms with Crippen LogP contribution in [0.3, 0.4) is 0 Å². The molecule has 0 aromatic heterocycles. The number of esters is 1. The Kier molecular flexibility index (Phi) is 5.47. The highest BCUT2D eigenvalue weighted by Crippen LogP contribution is 2.37. The lowest BCUT2D eigenvalue weighted by Crippen LogP contribution is -2.03. The van der Waals surface area contributed by atoms with Crippen molar-refractivity contribution in [2.45, 2.75) is 6.61 Å². The summed E-state index contributed by atoms with van der Waals surface area (Å²) in [6.07, 6.45) is 1.47. The molecule has 0 fully saturated rings. The number of halogens is 1. The molecule has 0 aliphatic heterocycles. The van der Waals surface area contributed by atoms with E-state index in [-0.39, 0.29) is 12.3 Å². The lowest BCUT2D eigenvalue weighted by atomic mass is 10.2. The van der Waals surface area contributed by atoms with Crippen LogP contribution in [0.15, 0.2) is 51.9 Å². The van der Waals surface area contributed by atoms with Crippen LogP contribution < -0.4 is 4.74 Å². The highest BCUT2D eigenvalue weighted by molar-refractivity contribution is 9.10. The fourth-order valence-corrected chi connectivity index (χ4v) is 2.34. The van der Waals surface area contributed by atoms with E-state index in [0.29, 0.717) is 15.8 Å². The van der Waals surface area contributed by atoms with Gasteiger partial charge in [0.2, 0.25) is 6.08 Å². The van der Waals surface area contributed by atoms with Crippen LogP contribution in [-0.2, 0) is 16.1 Å². The summed E-state index contributed by atoms with van der Waals surface area (Å²) in [5.41, 5.74) is 1.52. The Bertz CT molecular complexity index is 724. The summed E-state index contributed by atoms with van der Waals surface area (Å²) in [7, 11) is 1.29. The van der Waals surface area contributed by atoms with Gasteiger partial charge < -0.3 is 9.47 Å². The normalized spacial score (nSPS) is 9.73. The van der Waals surface area contributed by atoms with E-state index in [0.717, 1.165) is 5.56 Å². The van der Waals surface area contributed by atoms with Crippen LogP contribution in [-0.4, -0.2) is 19.2 Å². The molecule has 0 amide bonds. The first-order valence-corrected chi connectivity index (χ1v) is 7.11. The van der Waals surface area contributed by atoms with Crippen molar-refractivity contribution in [1.82, 2.24) is 0 Å². The van der Waals surface area contributed by atoms with Gasteiger partial charge in [-0.3, -0.25) is 0 Å². The second-order valence-corrected chi connectivity index (χ2v) is 5.13. The van der Waals surface area contributed by atoms with Gasteiger partial charge in [0.05, 0.1) is 12.7 Å². The van der Waals surface area contributed by atoms with Gasteiger partial charge in [0, 0.05) is 4.47 Å². The fraction of sp³-hybridized carbons (Fsp3) is 0.125. The number of ether oxygens (including phenoxy) is 2. The van der Waals surface area contributed by atoms with Crippen LogP contribution in [0.2, 0.25) is 0 Å². The Hall–Kier alpha value is -2.43. The summed E-state index contributed by atoms with van der Waals surface area (Å²) in [6, 6.07) is 12.5. The van der Waals surface area contributed by atoms with Gasteiger partial charge in [-0.25, -0.2) is 9.59 Å². The maximum absolute atomic E-state index is 11.7. The first-order chi connectivity index (χ1) is 10.7. The number of hydrogen-bond acceptors (Lipinski definition) is 5. The molecule has 2 aromatic carbocycles. The molecule has 0 saturated carbocycles. The Morgan fingerprint density at radius 3 is 2.64 bits per heavy atom. The summed E-state index contributed by atoms with van der Waals surface area (Å²) in [4.78, 5) is 25.8. The van der Waals surface area contributed by atoms with Crippen molar-refractivity contribution in [2.24, 2.45) is 4.99 Å². The second-order valence-electron chi connectivity index (χ2n) is 4.27. The Morgan fingerprint density at radius 2 is 2.00 bits per heavy atom. The Balaban J connectivity index is 2.35. The van der Waals surface area contributed by atoms with Gasteiger partial charge in [-0.05, 0) is 33.6 Å². The van der Waals surface area contributed by atoms with Gasteiger partial charge in [0.25, 0.3) is 0 Å². The molecule has 0 atom stereocenters. The lowest BCUT2D eigenvalue weighted by Gasteiger charge is -2.11. The van der Waals surface area contributed by atoms with Crippen molar-refractivity contribution in [3.05, 3.63) is 58.1 Å². The zero-order chi connectivity index (χ0) is 15.9. The van der Waals surface area contributed by atoms with Crippen molar-refractivity contribution in [3.8, 4) is 5.75 Å². The highest BCUT2D eigenvalue weighted by atomic mass is 79.9. The highest BCUT2D eigenvalue weighted by Gasteiger charge is 2.15. The van der Waals surface area contributed by atoms with E-state index in [2.05, 4.69) is 25.7 Å². The number of carbonyl (C=O) groups excluding carboxylic acids is 2. The van der Waals surface area contributed by atoms with E-state index in [9.17, 15) is 9.59 Å². The van der Waals surface area contributed by atoms with Crippen LogP contribution in [0.25, 0.3) is 0 Å². The third-order valence-corrected chi connectivity index (χ3v) is 3.45. The van der Waals surface area contributed by atoms with E-state index in [1.807, 2.05) is 30.3 Å². The van der Waals surface area contributed by atoms with Crippen molar-refractivity contribution in [1.29, 1.82) is 0 Å². The minimum atomic E-state index is -0.508. The number of aliphatic imine (C=N–C) groups is 1. The number of methoxy groups -OCH3 is 1. The van der Waals surface area contributed by atoms with Crippen molar-refractivity contribution < 1.29 is 19.1 Å². The van der Waals surface area contributed by atoms with E-state index >= 15 is 0 Å². The van der Waals surface area contributed by atoms with Gasteiger partial charge in [-0.15, -0.1) is 0 Å². The predicted octanol–water partition coefficient (Wildman–Crippen LogP) is 3.78.